The average Bonchev–Trinajstić information content (AvgIpc) is 2.19. The van der Waals surface area contributed by atoms with E-state index in [1.54, 1.807) is 7.05 Å². The molecule has 0 fully saturated rings. The molecule has 0 aliphatic heterocycles. The van der Waals surface area contributed by atoms with E-state index < -0.39 is 0 Å². The van der Waals surface area contributed by atoms with E-state index in [-0.39, 0.29) is 5.41 Å². The maximum absolute atomic E-state index is 5.57. The van der Waals surface area contributed by atoms with Gasteiger partial charge in [0, 0.05) is 13.3 Å². The van der Waals surface area contributed by atoms with Gasteiger partial charge >= 0.3 is 0 Å². The van der Waals surface area contributed by atoms with Gasteiger partial charge in [-0.1, -0.05) is 26.8 Å². The molecule has 0 radical (unpaired) electrons. The topological polar surface area (TPSA) is 21.6 Å². The maximum atomic E-state index is 5.57. The molecular formula is C14H25NO. The molecule has 0 saturated heterocycles. The molecule has 0 atom stereocenters. The van der Waals surface area contributed by atoms with Gasteiger partial charge in [0.05, 0.1) is 13.2 Å². The lowest BCUT2D eigenvalue weighted by Gasteiger charge is -2.22. The summed E-state index contributed by atoms with van der Waals surface area (Å²) in [5, 5.41) is 0. The van der Waals surface area contributed by atoms with Crippen LogP contribution in [0.1, 0.15) is 34.1 Å². The van der Waals surface area contributed by atoms with Crippen LogP contribution in [0.4, 0.5) is 0 Å². The van der Waals surface area contributed by atoms with Crippen molar-refractivity contribution in [3.8, 4) is 0 Å². The smallest absolute Gasteiger partial charge is 0.0680 e. The highest BCUT2D eigenvalue weighted by molar-refractivity contribution is 5.81. The molecule has 0 N–H and O–H groups in total. The molecule has 0 bridgehead atoms. The average molecular weight is 223 g/mol. The summed E-state index contributed by atoms with van der Waals surface area (Å²) < 4.78 is 5.57. The summed E-state index contributed by atoms with van der Waals surface area (Å²) >= 11 is 0. The number of ether oxygens (including phenoxy) is 1. The molecule has 0 heterocycles. The molecule has 0 unspecified atom stereocenters. The highest BCUT2D eigenvalue weighted by Crippen LogP contribution is 2.26. The third kappa shape index (κ3) is 5.86. The third-order valence-corrected chi connectivity index (χ3v) is 2.31. The van der Waals surface area contributed by atoms with Crippen LogP contribution in [0.15, 0.2) is 28.8 Å². The zero-order chi connectivity index (χ0) is 12.6. The van der Waals surface area contributed by atoms with E-state index in [2.05, 4.69) is 39.3 Å². The molecule has 2 heteroatoms. The fourth-order valence-electron chi connectivity index (χ4n) is 1.54. The SMILES string of the molecule is C=CCCOC/C(C)=C(/C=N\C)C(C)(C)C. The minimum Gasteiger partial charge on any atom is -0.377 e. The van der Waals surface area contributed by atoms with Crippen LogP contribution in [0.3, 0.4) is 0 Å². The largest absolute Gasteiger partial charge is 0.377 e. The quantitative estimate of drug-likeness (QED) is 0.383. The summed E-state index contributed by atoms with van der Waals surface area (Å²) in [5.74, 6) is 0. The standard InChI is InChI=1S/C14H25NO/c1-7-8-9-16-11-12(2)13(10-15-6)14(3,4)5/h7,10H,1,8-9,11H2,2-6H3/b13-12-,15-10-. The molecule has 0 aliphatic carbocycles. The Morgan fingerprint density at radius 3 is 2.44 bits per heavy atom. The molecule has 2 nitrogen and oxygen atoms in total. The highest BCUT2D eigenvalue weighted by Gasteiger charge is 2.17. The van der Waals surface area contributed by atoms with Crippen molar-refractivity contribution in [2.75, 3.05) is 20.3 Å². The van der Waals surface area contributed by atoms with E-state index in [1.165, 1.54) is 11.1 Å². The van der Waals surface area contributed by atoms with Gasteiger partial charge in [0.1, 0.15) is 0 Å². The van der Waals surface area contributed by atoms with Gasteiger partial charge in [-0.05, 0) is 29.9 Å². The monoisotopic (exact) mass is 223 g/mol. The summed E-state index contributed by atoms with van der Waals surface area (Å²) in [6.07, 6.45) is 4.71. The van der Waals surface area contributed by atoms with Gasteiger partial charge in [-0.15, -0.1) is 6.58 Å². The summed E-state index contributed by atoms with van der Waals surface area (Å²) in [4.78, 5) is 4.11. The van der Waals surface area contributed by atoms with Crippen molar-refractivity contribution >= 4 is 6.21 Å². The van der Waals surface area contributed by atoms with E-state index in [9.17, 15) is 0 Å². The van der Waals surface area contributed by atoms with Crippen LogP contribution in [0.25, 0.3) is 0 Å². The molecule has 0 aromatic rings. The summed E-state index contributed by atoms with van der Waals surface area (Å²) in [5.41, 5.74) is 2.63. The van der Waals surface area contributed by atoms with Crippen LogP contribution in [-0.4, -0.2) is 26.5 Å². The number of rotatable bonds is 6. The van der Waals surface area contributed by atoms with Gasteiger partial charge in [-0.2, -0.15) is 0 Å². The molecule has 16 heavy (non-hydrogen) atoms. The first-order valence-corrected chi connectivity index (χ1v) is 5.74. The number of aliphatic imine (C=N–C) groups is 1. The van der Waals surface area contributed by atoms with E-state index in [0.29, 0.717) is 6.61 Å². The van der Waals surface area contributed by atoms with Crippen LogP contribution in [0.5, 0.6) is 0 Å². The molecule has 92 valence electrons. The number of nitrogens with zero attached hydrogens (tertiary/aromatic N) is 1. The first kappa shape index (κ1) is 15.1. The lowest BCUT2D eigenvalue weighted by molar-refractivity contribution is 0.160. The summed E-state index contributed by atoms with van der Waals surface area (Å²) in [6, 6.07) is 0. The Morgan fingerprint density at radius 1 is 1.38 bits per heavy atom. The van der Waals surface area contributed by atoms with E-state index >= 15 is 0 Å². The summed E-state index contributed by atoms with van der Waals surface area (Å²) in [7, 11) is 1.80. The molecule has 0 aromatic carbocycles. The zero-order valence-corrected chi connectivity index (χ0v) is 11.3. The second kappa shape index (κ2) is 7.39. The Kier molecular flexibility index (Phi) is 6.98. The van der Waals surface area contributed by atoms with Crippen LogP contribution < -0.4 is 0 Å². The predicted octanol–water partition coefficient (Wildman–Crippen LogP) is 3.64. The van der Waals surface area contributed by atoms with Crippen molar-refractivity contribution in [1.29, 1.82) is 0 Å². The molecule has 0 rings (SSSR count). The number of hydrogen-bond donors (Lipinski definition) is 0. The van der Waals surface area contributed by atoms with Gasteiger partial charge in [-0.25, -0.2) is 0 Å². The molecule has 0 saturated carbocycles. The second-order valence-electron chi connectivity index (χ2n) is 4.96. The maximum Gasteiger partial charge on any atom is 0.0680 e. The Morgan fingerprint density at radius 2 is 2.00 bits per heavy atom. The molecular weight excluding hydrogens is 198 g/mol. The van der Waals surface area contributed by atoms with Crippen LogP contribution in [0, 0.1) is 5.41 Å². The third-order valence-electron chi connectivity index (χ3n) is 2.31. The predicted molar refractivity (Wildman–Crippen MR) is 72.2 cm³/mol. The van der Waals surface area contributed by atoms with E-state index in [4.69, 9.17) is 4.74 Å². The minimum atomic E-state index is 0.116. The van der Waals surface area contributed by atoms with Gasteiger partial charge in [0.15, 0.2) is 0 Å². The van der Waals surface area contributed by atoms with Crippen molar-refractivity contribution < 1.29 is 4.74 Å². The van der Waals surface area contributed by atoms with Gasteiger partial charge in [0.25, 0.3) is 0 Å². The number of hydrogen-bond acceptors (Lipinski definition) is 2. The van der Waals surface area contributed by atoms with Crippen LogP contribution in [-0.2, 0) is 4.74 Å². The second-order valence-corrected chi connectivity index (χ2v) is 4.96. The number of allylic oxidation sites excluding steroid dienone is 1. The van der Waals surface area contributed by atoms with E-state index in [0.717, 1.165) is 13.0 Å². The molecule has 0 aromatic heterocycles. The zero-order valence-electron chi connectivity index (χ0n) is 11.3. The summed E-state index contributed by atoms with van der Waals surface area (Å²) in [6.45, 7) is 13.8. The Bertz CT molecular complexity index is 269. The highest BCUT2D eigenvalue weighted by atomic mass is 16.5. The van der Waals surface area contributed by atoms with Crippen molar-refractivity contribution in [2.45, 2.75) is 34.1 Å². The fourth-order valence-corrected chi connectivity index (χ4v) is 1.54. The van der Waals surface area contributed by atoms with Crippen LogP contribution in [0.2, 0.25) is 0 Å². The Labute approximate surface area is 100 Å². The van der Waals surface area contributed by atoms with Gasteiger partial charge in [0.2, 0.25) is 0 Å². The van der Waals surface area contributed by atoms with Crippen molar-refractivity contribution in [2.24, 2.45) is 10.4 Å². The van der Waals surface area contributed by atoms with Crippen molar-refractivity contribution in [3.63, 3.8) is 0 Å². The Hall–Kier alpha value is -0.890. The first-order valence-electron chi connectivity index (χ1n) is 5.74. The lowest BCUT2D eigenvalue weighted by Crippen LogP contribution is -2.15. The molecule has 0 amide bonds. The normalized spacial score (nSPS) is 14.1. The fraction of sp³-hybridized carbons (Fsp3) is 0.643. The van der Waals surface area contributed by atoms with Gasteiger partial charge in [-0.3, -0.25) is 4.99 Å². The van der Waals surface area contributed by atoms with Crippen molar-refractivity contribution in [3.05, 3.63) is 23.8 Å². The van der Waals surface area contributed by atoms with E-state index in [1.807, 2.05) is 12.3 Å². The Balaban J connectivity index is 4.53. The van der Waals surface area contributed by atoms with Crippen LogP contribution >= 0.6 is 0 Å². The molecule has 0 aliphatic rings. The van der Waals surface area contributed by atoms with Crippen molar-refractivity contribution in [1.82, 2.24) is 0 Å². The lowest BCUT2D eigenvalue weighted by atomic mass is 9.84. The van der Waals surface area contributed by atoms with Gasteiger partial charge < -0.3 is 4.74 Å². The molecule has 0 spiro atoms. The first-order chi connectivity index (χ1) is 7.43. The minimum absolute atomic E-state index is 0.116.